The van der Waals surface area contributed by atoms with E-state index < -0.39 is 0 Å². The minimum atomic E-state index is 0. The van der Waals surface area contributed by atoms with E-state index in [1.165, 1.54) is 6.42 Å². The van der Waals surface area contributed by atoms with Gasteiger partial charge in [0.05, 0.1) is 5.56 Å². The van der Waals surface area contributed by atoms with E-state index in [9.17, 15) is 4.79 Å². The van der Waals surface area contributed by atoms with Crippen LogP contribution in [-0.4, -0.2) is 44.3 Å². The minimum absolute atomic E-state index is 0. The Kier molecular flexibility index (Phi) is 5.91. The summed E-state index contributed by atoms with van der Waals surface area (Å²) in [4.78, 5) is 14.6. The van der Waals surface area contributed by atoms with Gasteiger partial charge in [-0.05, 0) is 50.9 Å². The molecule has 0 atom stereocenters. The number of likely N-dealkylation sites (tertiary alicyclic amines) is 1. The highest BCUT2D eigenvalue weighted by Gasteiger charge is 2.28. The highest BCUT2D eigenvalue weighted by molar-refractivity contribution is 5.98. The fourth-order valence-corrected chi connectivity index (χ4v) is 3.04. The average molecular weight is 327 g/mol. The average Bonchev–Trinajstić information content (AvgIpc) is 3.01. The summed E-state index contributed by atoms with van der Waals surface area (Å²) >= 11 is 0. The van der Waals surface area contributed by atoms with Gasteiger partial charge in [0, 0.05) is 13.1 Å². The van der Waals surface area contributed by atoms with Crippen molar-refractivity contribution in [3.63, 3.8) is 0 Å². The number of benzene rings is 1. The first kappa shape index (κ1) is 16.9. The van der Waals surface area contributed by atoms with Gasteiger partial charge in [0.15, 0.2) is 11.5 Å². The summed E-state index contributed by atoms with van der Waals surface area (Å²) in [6.07, 6.45) is 3.36. The maximum Gasteiger partial charge on any atom is 0.257 e. The van der Waals surface area contributed by atoms with Crippen LogP contribution in [0, 0.1) is 5.92 Å². The molecule has 0 saturated carbocycles. The van der Waals surface area contributed by atoms with Crippen molar-refractivity contribution in [3.05, 3.63) is 23.8 Å². The summed E-state index contributed by atoms with van der Waals surface area (Å²) < 4.78 is 10.8. The predicted molar refractivity (Wildman–Crippen MR) is 87.0 cm³/mol. The summed E-state index contributed by atoms with van der Waals surface area (Å²) in [5.74, 6) is 2.05. The first-order valence-corrected chi connectivity index (χ1v) is 7.62. The molecule has 1 N–H and O–H groups in total. The van der Waals surface area contributed by atoms with Crippen LogP contribution in [0.15, 0.2) is 18.2 Å². The van der Waals surface area contributed by atoms with Crippen molar-refractivity contribution in [2.24, 2.45) is 5.92 Å². The van der Waals surface area contributed by atoms with Crippen molar-refractivity contribution in [2.75, 3.05) is 33.5 Å². The van der Waals surface area contributed by atoms with Gasteiger partial charge in [-0.25, -0.2) is 0 Å². The zero-order chi connectivity index (χ0) is 14.7. The fourth-order valence-electron chi connectivity index (χ4n) is 3.04. The number of amides is 1. The lowest BCUT2D eigenvalue weighted by Crippen LogP contribution is -2.39. The van der Waals surface area contributed by atoms with E-state index in [-0.39, 0.29) is 25.1 Å². The molecule has 2 heterocycles. The monoisotopic (exact) mass is 326 g/mol. The molecule has 122 valence electrons. The second kappa shape index (κ2) is 7.70. The summed E-state index contributed by atoms with van der Waals surface area (Å²) in [6, 6.07) is 5.51. The molecule has 22 heavy (non-hydrogen) atoms. The van der Waals surface area contributed by atoms with Crippen LogP contribution >= 0.6 is 12.4 Å². The van der Waals surface area contributed by atoms with Gasteiger partial charge < -0.3 is 19.7 Å². The number of hydrogen-bond donors (Lipinski definition) is 1. The number of halogens is 1. The second-order valence-electron chi connectivity index (χ2n) is 5.67. The summed E-state index contributed by atoms with van der Waals surface area (Å²) in [7, 11) is 1.98. The Morgan fingerprint density at radius 3 is 2.82 bits per heavy atom. The third-order valence-electron chi connectivity index (χ3n) is 4.33. The van der Waals surface area contributed by atoms with E-state index >= 15 is 0 Å². The van der Waals surface area contributed by atoms with Gasteiger partial charge in [-0.1, -0.05) is 6.07 Å². The molecular weight excluding hydrogens is 304 g/mol. The molecule has 0 radical (unpaired) electrons. The smallest absolute Gasteiger partial charge is 0.257 e. The first-order chi connectivity index (χ1) is 10.3. The molecule has 0 aliphatic carbocycles. The molecule has 0 aromatic heterocycles. The van der Waals surface area contributed by atoms with Crippen LogP contribution in [0.25, 0.3) is 0 Å². The van der Waals surface area contributed by atoms with E-state index in [1.54, 1.807) is 0 Å². The Labute approximate surface area is 137 Å². The number of nitrogens with zero attached hydrogens (tertiary/aromatic N) is 1. The second-order valence-corrected chi connectivity index (χ2v) is 5.67. The standard InChI is InChI=1S/C16H22N2O3.ClH/c1-17-8-5-12-6-9-18(10-7-12)16(19)13-3-2-4-14-15(13)21-11-20-14;/h2-4,12,17H,5-11H2,1H3;1H. The van der Waals surface area contributed by atoms with Crippen LogP contribution in [0.3, 0.4) is 0 Å². The molecule has 3 rings (SSSR count). The number of carbonyl (C=O) groups is 1. The van der Waals surface area contributed by atoms with Gasteiger partial charge in [-0.15, -0.1) is 12.4 Å². The van der Waals surface area contributed by atoms with E-state index in [1.807, 2.05) is 30.1 Å². The molecule has 1 aromatic carbocycles. The summed E-state index contributed by atoms with van der Waals surface area (Å²) in [6.45, 7) is 2.91. The number of nitrogens with one attached hydrogen (secondary N) is 1. The number of rotatable bonds is 4. The molecule has 1 amide bonds. The van der Waals surface area contributed by atoms with Crippen LogP contribution in [0.2, 0.25) is 0 Å². The molecular formula is C16H23ClN2O3. The molecule has 1 aromatic rings. The van der Waals surface area contributed by atoms with Gasteiger partial charge in [-0.2, -0.15) is 0 Å². The lowest BCUT2D eigenvalue weighted by atomic mass is 9.93. The van der Waals surface area contributed by atoms with Gasteiger partial charge in [0.1, 0.15) is 0 Å². The number of fused-ring (bicyclic) bond motifs is 1. The largest absolute Gasteiger partial charge is 0.454 e. The van der Waals surface area contributed by atoms with Crippen molar-refractivity contribution < 1.29 is 14.3 Å². The topological polar surface area (TPSA) is 50.8 Å². The van der Waals surface area contributed by atoms with Gasteiger partial charge in [0.25, 0.3) is 5.91 Å². The Morgan fingerprint density at radius 2 is 2.09 bits per heavy atom. The quantitative estimate of drug-likeness (QED) is 0.922. The SMILES string of the molecule is CNCCC1CCN(C(=O)c2cccc3c2OCO3)CC1.Cl. The summed E-state index contributed by atoms with van der Waals surface area (Å²) in [5, 5.41) is 3.19. The third kappa shape index (κ3) is 3.47. The minimum Gasteiger partial charge on any atom is -0.454 e. The normalized spacial score (nSPS) is 17.2. The fraction of sp³-hybridized carbons (Fsp3) is 0.562. The first-order valence-electron chi connectivity index (χ1n) is 7.62. The highest BCUT2D eigenvalue weighted by Crippen LogP contribution is 2.36. The van der Waals surface area contributed by atoms with Crippen LogP contribution < -0.4 is 14.8 Å². The van der Waals surface area contributed by atoms with Gasteiger partial charge in [-0.3, -0.25) is 4.79 Å². The van der Waals surface area contributed by atoms with Crippen molar-refractivity contribution >= 4 is 18.3 Å². The van der Waals surface area contributed by atoms with E-state index in [2.05, 4.69) is 5.32 Å². The molecule has 2 aliphatic heterocycles. The Balaban J connectivity index is 0.00000176. The third-order valence-corrected chi connectivity index (χ3v) is 4.33. The van der Waals surface area contributed by atoms with Crippen molar-refractivity contribution in [1.29, 1.82) is 0 Å². The Hall–Kier alpha value is -1.46. The molecule has 2 aliphatic rings. The molecule has 0 unspecified atom stereocenters. The Morgan fingerprint density at radius 1 is 1.32 bits per heavy atom. The number of hydrogen-bond acceptors (Lipinski definition) is 4. The molecule has 6 heteroatoms. The zero-order valence-corrected chi connectivity index (χ0v) is 13.7. The molecule has 0 spiro atoms. The lowest BCUT2D eigenvalue weighted by Gasteiger charge is -2.32. The molecule has 1 saturated heterocycles. The maximum atomic E-state index is 12.7. The van der Waals surface area contributed by atoms with Crippen molar-refractivity contribution in [3.8, 4) is 11.5 Å². The van der Waals surface area contributed by atoms with Crippen LogP contribution in [0.5, 0.6) is 11.5 Å². The predicted octanol–water partition coefficient (Wildman–Crippen LogP) is 2.30. The van der Waals surface area contributed by atoms with E-state index in [4.69, 9.17) is 9.47 Å². The molecule has 5 nitrogen and oxygen atoms in total. The lowest BCUT2D eigenvalue weighted by molar-refractivity contribution is 0.0682. The van der Waals surface area contributed by atoms with Crippen molar-refractivity contribution in [1.82, 2.24) is 10.2 Å². The van der Waals surface area contributed by atoms with Crippen LogP contribution in [0.4, 0.5) is 0 Å². The number of piperidine rings is 1. The van der Waals surface area contributed by atoms with Crippen LogP contribution in [0.1, 0.15) is 29.6 Å². The molecule has 1 fully saturated rings. The zero-order valence-electron chi connectivity index (χ0n) is 12.8. The Bertz CT molecular complexity index is 516. The number of para-hydroxylation sites is 1. The highest BCUT2D eigenvalue weighted by atomic mass is 35.5. The van der Waals surface area contributed by atoms with Gasteiger partial charge in [0.2, 0.25) is 6.79 Å². The maximum absolute atomic E-state index is 12.7. The van der Waals surface area contributed by atoms with E-state index in [0.29, 0.717) is 17.1 Å². The summed E-state index contributed by atoms with van der Waals surface area (Å²) in [5.41, 5.74) is 0.624. The van der Waals surface area contributed by atoms with Gasteiger partial charge >= 0.3 is 0 Å². The van der Waals surface area contributed by atoms with Crippen LogP contribution in [-0.2, 0) is 0 Å². The number of ether oxygens (including phenoxy) is 2. The molecule has 0 bridgehead atoms. The number of carbonyl (C=O) groups excluding carboxylic acids is 1. The van der Waals surface area contributed by atoms with Crippen molar-refractivity contribution in [2.45, 2.75) is 19.3 Å². The van der Waals surface area contributed by atoms with E-state index in [0.717, 1.165) is 38.4 Å².